The summed E-state index contributed by atoms with van der Waals surface area (Å²) < 4.78 is 1.28. The van der Waals surface area contributed by atoms with Gasteiger partial charge in [-0.3, -0.25) is 19.9 Å². The van der Waals surface area contributed by atoms with Gasteiger partial charge >= 0.3 is 0 Å². The number of benzene rings is 3. The van der Waals surface area contributed by atoms with E-state index in [1.807, 2.05) is 145 Å². The Morgan fingerprint density at radius 3 is 1.50 bits per heavy atom. The molecule has 13 heteroatoms. The smallest absolute Gasteiger partial charge is 0.125 e. The number of nitrogens with zero attached hydrogens (tertiary/aromatic N) is 9. The number of thiophene rings is 1. The first-order valence-electron chi connectivity index (χ1n) is 32.9. The molecule has 0 saturated heterocycles. The molecule has 5 aliphatic rings. The molecule has 3 aromatic carbocycles. The third-order valence-corrected chi connectivity index (χ3v) is 17.3. The highest BCUT2D eigenvalue weighted by Crippen LogP contribution is 2.63. The summed E-state index contributed by atoms with van der Waals surface area (Å²) in [7, 11) is 0. The number of para-hydroxylation sites is 1. The molecule has 1 N–H and O–H groups in total. The van der Waals surface area contributed by atoms with Gasteiger partial charge in [0.2, 0.25) is 0 Å². The van der Waals surface area contributed by atoms with Gasteiger partial charge in [0.1, 0.15) is 12.2 Å². The lowest BCUT2D eigenvalue weighted by molar-refractivity contribution is -0.0882. The van der Waals surface area contributed by atoms with E-state index in [1.54, 1.807) is 121 Å². The highest BCUT2D eigenvalue weighted by Gasteiger charge is 2.52. The summed E-state index contributed by atoms with van der Waals surface area (Å²) in [6.07, 6.45) is 41.2. The zero-order valence-corrected chi connectivity index (χ0v) is 60.8. The van der Waals surface area contributed by atoms with E-state index >= 15 is 0 Å². The van der Waals surface area contributed by atoms with E-state index in [1.165, 1.54) is 113 Å². The normalized spacial score (nSPS) is 14.7. The largest absolute Gasteiger partial charge is 0.361 e. The van der Waals surface area contributed by atoms with Crippen LogP contribution in [0.5, 0.6) is 0 Å². The number of hydrogen-bond acceptors (Lipinski definition) is 12. The Morgan fingerprint density at radius 2 is 1.13 bits per heavy atom. The number of H-pyrrole nitrogens is 1. The number of aromatic amines is 1. The zero-order valence-electron chi connectivity index (χ0n) is 58.3. The molecule has 12 aromatic rings. The van der Waals surface area contributed by atoms with Crippen molar-refractivity contribution in [1.82, 2.24) is 49.8 Å². The van der Waals surface area contributed by atoms with E-state index in [2.05, 4.69) is 157 Å². The van der Waals surface area contributed by atoms with Gasteiger partial charge in [0, 0.05) is 89.6 Å². The molecule has 2 bridgehead atoms. The number of aromatic nitrogens is 10. The van der Waals surface area contributed by atoms with Crippen molar-refractivity contribution < 1.29 is 0 Å². The van der Waals surface area contributed by atoms with Crippen molar-refractivity contribution >= 4 is 55.1 Å². The third-order valence-electron chi connectivity index (χ3n) is 14.9. The Morgan fingerprint density at radius 1 is 0.479 bits per heavy atom. The Hall–Kier alpha value is -8.23. The SMILES string of the molecule is CC12CC(C1)C2.CC1=CCCCC1.CC1CCCCC1.Cc1ccc2cc[nH]c2c1.Cc1ccccc1.Cc1ccccn1.Cc1cccnc1.Cc1cccs1.Cc1ccncc1.Cc1cncnc1.Cc1nc2ccccc2s1.Cc1ncccn1.Cc1nccs1. The number of allylic oxidation sites excluding steroid dienone is 2. The highest BCUT2D eigenvalue weighted by molar-refractivity contribution is 7.18. The minimum Gasteiger partial charge on any atom is -0.361 e. The Labute approximate surface area is 576 Å². The van der Waals surface area contributed by atoms with Crippen molar-refractivity contribution in [2.24, 2.45) is 17.3 Å². The van der Waals surface area contributed by atoms with E-state index in [0.717, 1.165) is 43.9 Å². The van der Waals surface area contributed by atoms with Crippen molar-refractivity contribution in [1.29, 1.82) is 0 Å². The monoisotopic (exact) mass is 1310 g/mol. The van der Waals surface area contributed by atoms with E-state index in [4.69, 9.17) is 0 Å². The molecule has 10 nitrogen and oxygen atoms in total. The Bertz CT molecular complexity index is 3350. The van der Waals surface area contributed by atoms with Crippen LogP contribution in [0, 0.1) is 86.5 Å². The van der Waals surface area contributed by atoms with Crippen molar-refractivity contribution in [2.45, 2.75) is 167 Å². The molecule has 0 atom stereocenters. The minimum absolute atomic E-state index is 0.822. The number of rotatable bonds is 0. The lowest BCUT2D eigenvalue weighted by atomic mass is 9.46. The average Bonchev–Trinajstić information content (AvgIpc) is 0.919. The van der Waals surface area contributed by atoms with Gasteiger partial charge in [0.25, 0.3) is 0 Å². The Kier molecular flexibility index (Phi) is 39.6. The molecule has 9 heterocycles. The molecule has 17 rings (SSSR count). The van der Waals surface area contributed by atoms with Crippen LogP contribution < -0.4 is 0 Å². The summed E-state index contributed by atoms with van der Waals surface area (Å²) in [5.74, 6) is 3.03. The third kappa shape index (κ3) is 38.1. The van der Waals surface area contributed by atoms with Crippen molar-refractivity contribution in [3.63, 3.8) is 0 Å². The maximum atomic E-state index is 4.33. The van der Waals surface area contributed by atoms with Crippen molar-refractivity contribution in [2.75, 3.05) is 0 Å². The Balaban J connectivity index is 0.000000218. The predicted octanol–water partition coefficient (Wildman–Crippen LogP) is 23.2. The van der Waals surface area contributed by atoms with Crippen molar-refractivity contribution in [3.05, 3.63) is 291 Å². The quantitative estimate of drug-likeness (QED) is 0.147. The van der Waals surface area contributed by atoms with Crippen molar-refractivity contribution in [3.8, 4) is 0 Å². The fraction of sp³-hybridized carbons (Fsp3) is 0.346. The van der Waals surface area contributed by atoms with Crippen LogP contribution in [0.4, 0.5) is 0 Å². The van der Waals surface area contributed by atoms with Crippen LogP contribution >= 0.6 is 34.0 Å². The van der Waals surface area contributed by atoms with Gasteiger partial charge in [-0.15, -0.1) is 34.0 Å². The molecular formula is C81H104N10S3. The second-order valence-corrected chi connectivity index (χ2v) is 27.8. The molecule has 4 saturated carbocycles. The van der Waals surface area contributed by atoms with Gasteiger partial charge in [0.05, 0.1) is 20.2 Å². The first kappa shape index (κ1) is 78.2. The first-order valence-corrected chi connectivity index (χ1v) is 35.5. The summed E-state index contributed by atoms with van der Waals surface area (Å²) in [6, 6.07) is 46.6. The number of fused-ring (bicyclic) bond motifs is 2. The zero-order chi connectivity index (χ0) is 67.9. The average molecular weight is 1310 g/mol. The van der Waals surface area contributed by atoms with Crippen LogP contribution in [0.15, 0.2) is 236 Å². The summed E-state index contributed by atoms with van der Waals surface area (Å²) in [4.78, 5) is 39.8. The number of hydrogen-bond donors (Lipinski definition) is 1. The van der Waals surface area contributed by atoms with E-state index in [9.17, 15) is 0 Å². The van der Waals surface area contributed by atoms with Gasteiger partial charge in [0.15, 0.2) is 0 Å². The van der Waals surface area contributed by atoms with Crippen LogP contribution in [0.1, 0.15) is 152 Å². The van der Waals surface area contributed by atoms with E-state index in [-0.39, 0.29) is 0 Å². The van der Waals surface area contributed by atoms with E-state index < -0.39 is 0 Å². The van der Waals surface area contributed by atoms with Crippen LogP contribution in [0.25, 0.3) is 21.1 Å². The summed E-state index contributed by atoms with van der Waals surface area (Å²) in [6.45, 7) is 27.1. The minimum atomic E-state index is 0.822. The summed E-state index contributed by atoms with van der Waals surface area (Å²) in [5.41, 5.74) is 12.1. The molecule has 0 aliphatic heterocycles. The first-order chi connectivity index (χ1) is 45.4. The molecule has 4 fully saturated rings. The molecule has 5 aliphatic carbocycles. The molecule has 0 radical (unpaired) electrons. The topological polar surface area (TPSA) is 132 Å². The second-order valence-electron chi connectivity index (χ2n) is 24.3. The number of pyridine rings is 3. The molecule has 0 spiro atoms. The van der Waals surface area contributed by atoms with Crippen LogP contribution in [-0.2, 0) is 0 Å². The maximum absolute atomic E-state index is 4.33. The van der Waals surface area contributed by atoms with Gasteiger partial charge in [-0.05, 0) is 238 Å². The molecule has 0 amide bonds. The summed E-state index contributed by atoms with van der Waals surface area (Å²) >= 11 is 5.19. The maximum Gasteiger partial charge on any atom is 0.125 e. The van der Waals surface area contributed by atoms with Gasteiger partial charge in [-0.1, -0.05) is 136 Å². The standard InChI is InChI=1S/C9H9N.C8H7NS.C7H14.C7H12.C7H8.3C6H7N.C6H10.2C5H6N2.C5H6S.C4H5NS/c1-7-2-3-8-4-5-10-9(8)6-7;1-6-9-7-4-2-3-5-8(7)10-6;3*1-7-5-3-2-4-6-7;1-6-2-4-7-5-3-6;1-6-3-2-4-7-5-6;1-6-4-2-3-5-7-6;1-6-2-5(3-6)4-6;1-5-2-6-4-7-3-5;1-5-6-3-2-4-7-5;1-5-3-2-4-6-5;1-4-5-2-3-6-4/h2-6,10H,1H3;2-5H,1H3;7H,2-6H2,1H3;5H,2-4,6H2,1H3;2-6H,1H3;3*2-5H,1H3;5H,2-4H2,1H3;2*2-4H,1H3;2-4H,1H3;2-3H,1H3. The molecule has 94 heavy (non-hydrogen) atoms. The molecule has 496 valence electrons. The number of aryl methyl sites for hydroxylation is 10. The van der Waals surface area contributed by atoms with Gasteiger partial charge in [-0.25, -0.2) is 24.9 Å². The lowest BCUT2D eigenvalue weighted by Crippen LogP contribution is -2.48. The van der Waals surface area contributed by atoms with Gasteiger partial charge in [-0.2, -0.15) is 0 Å². The lowest BCUT2D eigenvalue weighted by Gasteiger charge is -2.60. The van der Waals surface area contributed by atoms with Crippen LogP contribution in [0.3, 0.4) is 0 Å². The van der Waals surface area contributed by atoms with Gasteiger partial charge < -0.3 is 4.98 Å². The second kappa shape index (κ2) is 47.6. The molecule has 9 aromatic heterocycles. The fourth-order valence-corrected chi connectivity index (χ4v) is 11.4. The van der Waals surface area contributed by atoms with E-state index in [0.29, 0.717) is 0 Å². The molecular weight excluding hydrogens is 1210 g/mol. The highest BCUT2D eigenvalue weighted by atomic mass is 32.1. The fourth-order valence-electron chi connectivity index (χ4n) is 9.63. The number of thiazole rings is 2. The predicted molar refractivity (Wildman–Crippen MR) is 405 cm³/mol. The molecule has 0 unspecified atom stereocenters. The van der Waals surface area contributed by atoms with Crippen LogP contribution in [-0.4, -0.2) is 49.8 Å². The summed E-state index contributed by atoms with van der Waals surface area (Å²) in [5, 5.41) is 7.60. The van der Waals surface area contributed by atoms with Crippen LogP contribution in [0.2, 0.25) is 0 Å². The number of nitrogens with one attached hydrogen (secondary N) is 1.